The lowest BCUT2D eigenvalue weighted by atomic mass is 10.2. The standard InChI is InChI=1S/C7H3BrCl2O4S/c8-5-2-3(15(10,13)14)1-4(6(5)9)7(11)12/h1-2H,(H,11,12). The first kappa shape index (κ1) is 12.8. The Bertz CT molecular complexity index is 526. The number of carboxylic acid groups (broad SMARTS) is 1. The third kappa shape index (κ3) is 2.84. The molecule has 82 valence electrons. The summed E-state index contributed by atoms with van der Waals surface area (Å²) in [6.07, 6.45) is 0. The topological polar surface area (TPSA) is 71.4 Å². The van der Waals surface area contributed by atoms with Crippen molar-refractivity contribution in [3.05, 3.63) is 27.2 Å². The van der Waals surface area contributed by atoms with E-state index in [-0.39, 0.29) is 20.0 Å². The zero-order chi connectivity index (χ0) is 11.8. The number of carbonyl (C=O) groups is 1. The van der Waals surface area contributed by atoms with Crippen LogP contribution in [0.1, 0.15) is 10.4 Å². The van der Waals surface area contributed by atoms with E-state index in [0.717, 1.165) is 12.1 Å². The van der Waals surface area contributed by atoms with E-state index in [9.17, 15) is 13.2 Å². The van der Waals surface area contributed by atoms with Crippen LogP contribution in [0.2, 0.25) is 5.02 Å². The monoisotopic (exact) mass is 332 g/mol. The predicted molar refractivity (Wildman–Crippen MR) is 59.2 cm³/mol. The molecule has 4 nitrogen and oxygen atoms in total. The van der Waals surface area contributed by atoms with Gasteiger partial charge in [-0.15, -0.1) is 0 Å². The summed E-state index contributed by atoms with van der Waals surface area (Å²) >= 11 is 8.58. The molecule has 0 aromatic heterocycles. The minimum atomic E-state index is -3.98. The fourth-order valence-electron chi connectivity index (χ4n) is 0.861. The summed E-state index contributed by atoms with van der Waals surface area (Å²) in [4.78, 5) is 10.4. The lowest BCUT2D eigenvalue weighted by Gasteiger charge is -2.04. The highest BCUT2D eigenvalue weighted by Crippen LogP contribution is 2.30. The molecule has 0 aliphatic carbocycles. The van der Waals surface area contributed by atoms with E-state index in [4.69, 9.17) is 27.4 Å². The van der Waals surface area contributed by atoms with Crippen molar-refractivity contribution in [2.75, 3.05) is 0 Å². The summed E-state index contributed by atoms with van der Waals surface area (Å²) in [6, 6.07) is 2.04. The number of halogens is 3. The van der Waals surface area contributed by atoms with Crippen LogP contribution in [-0.4, -0.2) is 19.5 Å². The molecule has 8 heteroatoms. The van der Waals surface area contributed by atoms with Crippen molar-refractivity contribution < 1.29 is 18.3 Å². The quantitative estimate of drug-likeness (QED) is 0.845. The Labute approximate surface area is 103 Å². The van der Waals surface area contributed by atoms with Crippen molar-refractivity contribution in [2.24, 2.45) is 0 Å². The Balaban J connectivity index is 3.57. The Morgan fingerprint density at radius 1 is 1.40 bits per heavy atom. The number of benzene rings is 1. The van der Waals surface area contributed by atoms with Gasteiger partial charge in [0.15, 0.2) is 0 Å². The lowest BCUT2D eigenvalue weighted by molar-refractivity contribution is 0.0696. The first-order valence-corrected chi connectivity index (χ1v) is 6.88. The summed E-state index contributed by atoms with van der Waals surface area (Å²) < 4.78 is 22.1. The van der Waals surface area contributed by atoms with Gasteiger partial charge in [-0.3, -0.25) is 0 Å². The summed E-state index contributed by atoms with van der Waals surface area (Å²) in [5.41, 5.74) is -0.328. The van der Waals surface area contributed by atoms with Crippen molar-refractivity contribution in [1.82, 2.24) is 0 Å². The molecule has 1 rings (SSSR count). The van der Waals surface area contributed by atoms with Gasteiger partial charge in [-0.25, -0.2) is 13.2 Å². The number of aromatic carboxylic acids is 1. The molecule has 1 aromatic rings. The average Bonchev–Trinajstić information content (AvgIpc) is 2.06. The second kappa shape index (κ2) is 4.29. The van der Waals surface area contributed by atoms with Crippen LogP contribution in [0.5, 0.6) is 0 Å². The van der Waals surface area contributed by atoms with Crippen LogP contribution < -0.4 is 0 Å². The molecule has 0 saturated carbocycles. The third-order valence-corrected chi connectivity index (χ3v) is 4.11. The maximum Gasteiger partial charge on any atom is 0.337 e. The van der Waals surface area contributed by atoms with Crippen LogP contribution in [0.25, 0.3) is 0 Å². The van der Waals surface area contributed by atoms with Gasteiger partial charge < -0.3 is 5.11 Å². The zero-order valence-electron chi connectivity index (χ0n) is 6.87. The second-order valence-electron chi connectivity index (χ2n) is 2.51. The molecular formula is C7H3BrCl2O4S. The predicted octanol–water partition coefficient (Wildman–Crippen LogP) is 2.73. The summed E-state index contributed by atoms with van der Waals surface area (Å²) in [7, 11) is 1.10. The number of hydrogen-bond acceptors (Lipinski definition) is 3. The highest BCUT2D eigenvalue weighted by atomic mass is 79.9. The molecule has 0 atom stereocenters. The molecule has 0 fully saturated rings. The Morgan fingerprint density at radius 2 is 1.93 bits per heavy atom. The molecule has 0 spiro atoms. The molecule has 0 radical (unpaired) electrons. The molecule has 0 heterocycles. The maximum atomic E-state index is 11.0. The molecule has 0 aliphatic rings. The number of hydrogen-bond donors (Lipinski definition) is 1. The van der Waals surface area contributed by atoms with E-state index >= 15 is 0 Å². The molecule has 1 N–H and O–H groups in total. The van der Waals surface area contributed by atoms with Crippen LogP contribution >= 0.6 is 38.2 Å². The molecule has 0 saturated heterocycles. The molecule has 15 heavy (non-hydrogen) atoms. The van der Waals surface area contributed by atoms with Gasteiger partial charge in [-0.1, -0.05) is 11.6 Å². The second-order valence-corrected chi connectivity index (χ2v) is 6.31. The van der Waals surface area contributed by atoms with E-state index in [0.29, 0.717) is 0 Å². The Morgan fingerprint density at radius 3 is 2.33 bits per heavy atom. The molecule has 0 unspecified atom stereocenters. The fourth-order valence-corrected chi connectivity index (χ4v) is 2.45. The van der Waals surface area contributed by atoms with Gasteiger partial charge >= 0.3 is 5.97 Å². The molecular weight excluding hydrogens is 331 g/mol. The van der Waals surface area contributed by atoms with Gasteiger partial charge in [-0.05, 0) is 28.1 Å². The lowest BCUT2D eigenvalue weighted by Crippen LogP contribution is -2.01. The Hall–Kier alpha value is -0.300. The van der Waals surface area contributed by atoms with Crippen LogP contribution in [0.15, 0.2) is 21.5 Å². The van der Waals surface area contributed by atoms with Crippen molar-refractivity contribution in [3.8, 4) is 0 Å². The summed E-state index contributed by atoms with van der Waals surface area (Å²) in [5, 5.41) is 8.66. The molecule has 0 amide bonds. The van der Waals surface area contributed by atoms with Gasteiger partial charge in [0, 0.05) is 15.2 Å². The van der Waals surface area contributed by atoms with Crippen molar-refractivity contribution in [2.45, 2.75) is 4.90 Å². The highest BCUT2D eigenvalue weighted by Gasteiger charge is 2.18. The average molecular weight is 334 g/mol. The smallest absolute Gasteiger partial charge is 0.337 e. The maximum absolute atomic E-state index is 11.0. The van der Waals surface area contributed by atoms with E-state index < -0.39 is 15.0 Å². The molecule has 1 aromatic carbocycles. The summed E-state index contributed by atoms with van der Waals surface area (Å²) in [5.74, 6) is -1.33. The first-order chi connectivity index (χ1) is 6.73. The largest absolute Gasteiger partial charge is 0.478 e. The van der Waals surface area contributed by atoms with Gasteiger partial charge in [0.25, 0.3) is 9.05 Å². The van der Waals surface area contributed by atoms with E-state index in [1.165, 1.54) is 0 Å². The Kier molecular flexibility index (Phi) is 3.65. The van der Waals surface area contributed by atoms with Crippen LogP contribution in [0.3, 0.4) is 0 Å². The van der Waals surface area contributed by atoms with Gasteiger partial charge in [-0.2, -0.15) is 0 Å². The minimum Gasteiger partial charge on any atom is -0.478 e. The number of rotatable bonds is 2. The van der Waals surface area contributed by atoms with Crippen molar-refractivity contribution >= 4 is 53.2 Å². The van der Waals surface area contributed by atoms with E-state index in [1.807, 2.05) is 0 Å². The zero-order valence-corrected chi connectivity index (χ0v) is 10.8. The van der Waals surface area contributed by atoms with E-state index in [2.05, 4.69) is 15.9 Å². The SMILES string of the molecule is O=C(O)c1cc(S(=O)(=O)Cl)cc(Br)c1Cl. The molecule has 0 aliphatic heterocycles. The van der Waals surface area contributed by atoms with E-state index in [1.54, 1.807) is 0 Å². The first-order valence-electron chi connectivity index (χ1n) is 3.40. The van der Waals surface area contributed by atoms with Gasteiger partial charge in [0.2, 0.25) is 0 Å². The van der Waals surface area contributed by atoms with Crippen LogP contribution in [0.4, 0.5) is 0 Å². The fraction of sp³-hybridized carbons (Fsp3) is 0. The van der Waals surface area contributed by atoms with Crippen molar-refractivity contribution in [3.63, 3.8) is 0 Å². The number of carboxylic acids is 1. The highest BCUT2D eigenvalue weighted by molar-refractivity contribution is 9.10. The summed E-state index contributed by atoms with van der Waals surface area (Å²) in [6.45, 7) is 0. The van der Waals surface area contributed by atoms with Crippen molar-refractivity contribution in [1.29, 1.82) is 0 Å². The van der Waals surface area contributed by atoms with Crippen LogP contribution in [0, 0.1) is 0 Å². The third-order valence-electron chi connectivity index (χ3n) is 1.51. The normalized spacial score (nSPS) is 11.4. The molecule has 0 bridgehead atoms. The van der Waals surface area contributed by atoms with Crippen LogP contribution in [-0.2, 0) is 9.05 Å². The van der Waals surface area contributed by atoms with Gasteiger partial charge in [0.1, 0.15) is 0 Å². The van der Waals surface area contributed by atoms with Gasteiger partial charge in [0.05, 0.1) is 15.5 Å². The minimum absolute atomic E-state index is 0.0773.